The topological polar surface area (TPSA) is 116 Å². The summed E-state index contributed by atoms with van der Waals surface area (Å²) in [7, 11) is -11.7. The minimum Gasteiger partial charge on any atom is -0.421 e. The highest BCUT2D eigenvalue weighted by Crippen LogP contribution is 2.36. The molecule has 0 saturated heterocycles. The number of hydrogen-bond acceptors (Lipinski definition) is 7. The molecule has 0 fully saturated rings. The molecule has 0 aromatic carbocycles. The van der Waals surface area contributed by atoms with Gasteiger partial charge in [-0.3, -0.25) is 0 Å². The number of halogens is 6. The number of ether oxygens (including phenoxy) is 1. The largest absolute Gasteiger partial charge is 0.480 e. The number of aromatic nitrogens is 1. The number of aliphatic hydroxyl groups excluding tert-OH is 1. The minimum absolute atomic E-state index is 0.228. The third-order valence-corrected chi connectivity index (χ3v) is 6.70. The van der Waals surface area contributed by atoms with Gasteiger partial charge in [0.2, 0.25) is 5.51 Å². The zero-order valence-corrected chi connectivity index (χ0v) is 16.7. The standard InChI is InChI=1S/C9H16NO2S.C2F6NO4S2/c1-8-9(3-5-11)13-7-10(8)4-6-12-2;3-1(4,5)14(10,11)9-15(12,13)2(6,7)8/h7,11H,3-6H2,1-2H3;/q+1;-1. The molecule has 1 N–H and O–H groups in total. The van der Waals surface area contributed by atoms with E-state index in [2.05, 4.69) is 17.0 Å². The van der Waals surface area contributed by atoms with E-state index in [9.17, 15) is 43.2 Å². The second kappa shape index (κ2) is 10.1. The van der Waals surface area contributed by atoms with Crippen LogP contribution in [-0.2, 0) is 37.7 Å². The number of aliphatic hydroxyl groups is 1. The van der Waals surface area contributed by atoms with Gasteiger partial charge in [0.1, 0.15) is 6.61 Å². The van der Waals surface area contributed by atoms with Gasteiger partial charge in [-0.15, -0.1) is 0 Å². The predicted octanol–water partition coefficient (Wildman–Crippen LogP) is 1.58. The normalized spacial score (nSPS) is 13.2. The molecule has 0 amide bonds. The first kappa shape index (κ1) is 27.0. The van der Waals surface area contributed by atoms with Crippen molar-refractivity contribution in [1.82, 2.24) is 0 Å². The number of methoxy groups -OCH3 is 1. The van der Waals surface area contributed by atoms with Gasteiger partial charge in [0, 0.05) is 27.1 Å². The summed E-state index contributed by atoms with van der Waals surface area (Å²) in [5, 5.41) is 8.80. The molecule has 0 radical (unpaired) electrons. The third-order valence-electron chi connectivity index (χ3n) is 2.81. The average Bonchev–Trinajstić information content (AvgIpc) is 2.84. The Morgan fingerprint density at radius 2 is 1.57 bits per heavy atom. The SMILES string of the molecule is COCC[n+]1csc(CCO)c1C.O=S(=O)([N-]S(=O)(=O)C(F)(F)F)C(F)(F)F. The highest BCUT2D eigenvalue weighted by molar-refractivity contribution is 8.13. The predicted molar refractivity (Wildman–Crippen MR) is 85.2 cm³/mol. The Morgan fingerprint density at radius 3 is 1.93 bits per heavy atom. The van der Waals surface area contributed by atoms with Gasteiger partial charge in [-0.2, -0.15) is 30.9 Å². The van der Waals surface area contributed by atoms with Gasteiger partial charge in [-0.1, -0.05) is 11.3 Å². The Morgan fingerprint density at radius 1 is 1.11 bits per heavy atom. The number of thiazole rings is 1. The zero-order chi connectivity index (χ0) is 22.4. The van der Waals surface area contributed by atoms with E-state index < -0.39 is 31.1 Å². The van der Waals surface area contributed by atoms with E-state index >= 15 is 0 Å². The molecule has 0 unspecified atom stereocenters. The first-order chi connectivity index (χ1) is 12.5. The van der Waals surface area contributed by atoms with Crippen molar-refractivity contribution >= 4 is 31.4 Å². The lowest BCUT2D eigenvalue weighted by Gasteiger charge is -2.22. The fourth-order valence-corrected chi connectivity index (χ4v) is 4.14. The first-order valence-electron chi connectivity index (χ1n) is 6.93. The molecule has 0 atom stereocenters. The molecule has 28 heavy (non-hydrogen) atoms. The van der Waals surface area contributed by atoms with Crippen molar-refractivity contribution in [3.63, 3.8) is 0 Å². The van der Waals surface area contributed by atoms with Crippen LogP contribution in [-0.4, -0.2) is 53.3 Å². The summed E-state index contributed by atoms with van der Waals surface area (Å²) >= 11 is 1.70. The average molecular weight is 482 g/mol. The summed E-state index contributed by atoms with van der Waals surface area (Å²) in [6.45, 7) is 3.94. The molecule has 0 aliphatic carbocycles. The molecule has 17 heteroatoms. The van der Waals surface area contributed by atoms with Gasteiger partial charge in [-0.05, 0) is 0 Å². The molecule has 1 heterocycles. The van der Waals surface area contributed by atoms with E-state index in [1.54, 1.807) is 18.4 Å². The Hall–Kier alpha value is -1.01. The molecule has 0 saturated carbocycles. The van der Waals surface area contributed by atoms with Crippen molar-refractivity contribution in [3.05, 3.63) is 20.2 Å². The Kier molecular flexibility index (Phi) is 9.78. The third kappa shape index (κ3) is 7.78. The fourth-order valence-electron chi connectivity index (χ4n) is 1.42. The summed E-state index contributed by atoms with van der Waals surface area (Å²) in [4.78, 5) is 1.26. The highest BCUT2D eigenvalue weighted by atomic mass is 32.3. The first-order valence-corrected chi connectivity index (χ1v) is 10.7. The fraction of sp³-hybridized carbons (Fsp3) is 0.727. The van der Waals surface area contributed by atoms with Crippen LogP contribution in [0.4, 0.5) is 26.3 Å². The van der Waals surface area contributed by atoms with E-state index in [1.165, 1.54) is 10.6 Å². The van der Waals surface area contributed by atoms with Crippen LogP contribution >= 0.6 is 11.3 Å². The van der Waals surface area contributed by atoms with Gasteiger partial charge in [-0.25, -0.2) is 16.8 Å². The maximum atomic E-state index is 11.4. The molecular weight excluding hydrogens is 466 g/mol. The Labute approximate surface area is 160 Å². The van der Waals surface area contributed by atoms with Crippen molar-refractivity contribution in [2.75, 3.05) is 20.3 Å². The minimum atomic E-state index is -6.72. The lowest BCUT2D eigenvalue weighted by molar-refractivity contribution is -0.699. The quantitative estimate of drug-likeness (QED) is 0.466. The lowest BCUT2D eigenvalue weighted by atomic mass is 10.3. The van der Waals surface area contributed by atoms with Crippen LogP contribution in [0.15, 0.2) is 5.51 Å². The summed E-state index contributed by atoms with van der Waals surface area (Å²) < 4.78 is 116. The van der Waals surface area contributed by atoms with Crippen molar-refractivity contribution in [2.24, 2.45) is 0 Å². The van der Waals surface area contributed by atoms with Crippen molar-refractivity contribution in [1.29, 1.82) is 0 Å². The molecule has 1 aromatic heterocycles. The zero-order valence-electron chi connectivity index (χ0n) is 14.3. The molecule has 0 spiro atoms. The maximum absolute atomic E-state index is 11.4. The van der Waals surface area contributed by atoms with E-state index in [4.69, 9.17) is 9.84 Å². The molecule has 0 aliphatic rings. The maximum Gasteiger partial charge on any atom is 0.480 e. The van der Waals surface area contributed by atoms with Gasteiger partial charge in [0.05, 0.1) is 4.88 Å². The summed E-state index contributed by atoms with van der Waals surface area (Å²) in [5.41, 5.74) is -9.08. The Balaban J connectivity index is 0.000000525. The second-order valence-electron chi connectivity index (χ2n) is 4.81. The van der Waals surface area contributed by atoms with Crippen LogP contribution in [0, 0.1) is 6.92 Å². The number of sulfonamides is 2. The van der Waals surface area contributed by atoms with Crippen molar-refractivity contribution < 1.29 is 57.6 Å². The van der Waals surface area contributed by atoms with Crippen LogP contribution in [0.2, 0.25) is 0 Å². The molecule has 1 aromatic rings. The number of alkyl halides is 6. The second-order valence-corrected chi connectivity index (χ2v) is 9.17. The van der Waals surface area contributed by atoms with E-state index in [-0.39, 0.29) is 6.61 Å². The van der Waals surface area contributed by atoms with E-state index in [1.807, 2.05) is 0 Å². The number of hydrogen-bond donors (Lipinski definition) is 1. The van der Waals surface area contributed by atoms with Gasteiger partial charge in [0.15, 0.2) is 32.3 Å². The summed E-state index contributed by atoms with van der Waals surface area (Å²) in [6.07, 6.45) is 0.760. The molecule has 1 rings (SSSR count). The van der Waals surface area contributed by atoms with Crippen molar-refractivity contribution in [2.45, 2.75) is 30.9 Å². The molecule has 0 bridgehead atoms. The van der Waals surface area contributed by atoms with Crippen LogP contribution < -0.4 is 4.57 Å². The summed E-state index contributed by atoms with van der Waals surface area (Å²) in [6, 6.07) is 0. The highest BCUT2D eigenvalue weighted by Gasteiger charge is 2.46. The van der Waals surface area contributed by atoms with Crippen molar-refractivity contribution in [3.8, 4) is 0 Å². The van der Waals surface area contributed by atoms with Crippen LogP contribution in [0.1, 0.15) is 10.6 Å². The molecular formula is C11H16F6N2O6S3. The van der Waals surface area contributed by atoms with Gasteiger partial charge >= 0.3 is 11.0 Å². The number of rotatable bonds is 7. The van der Waals surface area contributed by atoms with Gasteiger partial charge < -0.3 is 14.0 Å². The molecule has 166 valence electrons. The van der Waals surface area contributed by atoms with E-state index in [0.29, 0.717) is 0 Å². The van der Waals surface area contributed by atoms with Gasteiger partial charge in [0.25, 0.3) is 0 Å². The number of nitrogens with zero attached hydrogens (tertiary/aromatic N) is 2. The lowest BCUT2D eigenvalue weighted by Crippen LogP contribution is -2.36. The monoisotopic (exact) mass is 482 g/mol. The summed E-state index contributed by atoms with van der Waals surface area (Å²) in [5.74, 6) is 0. The van der Waals surface area contributed by atoms with Crippen LogP contribution in [0.5, 0.6) is 0 Å². The Bertz CT molecular complexity index is 790. The molecule has 0 aliphatic heterocycles. The van der Waals surface area contributed by atoms with Crippen LogP contribution in [0.3, 0.4) is 0 Å². The van der Waals surface area contributed by atoms with E-state index in [0.717, 1.165) is 23.7 Å². The molecule has 8 nitrogen and oxygen atoms in total. The smallest absolute Gasteiger partial charge is 0.421 e. The van der Waals surface area contributed by atoms with Crippen LogP contribution in [0.25, 0.3) is 4.13 Å².